The second kappa shape index (κ2) is 4.91. The molecule has 96 valence electrons. The van der Waals surface area contributed by atoms with Gasteiger partial charge in [-0.15, -0.1) is 0 Å². The lowest BCUT2D eigenvalue weighted by Crippen LogP contribution is -2.25. The largest absolute Gasteiger partial charge is 0.419 e. The summed E-state index contributed by atoms with van der Waals surface area (Å²) in [6.07, 6.45) is 11.3. The number of hydrogen-bond acceptors (Lipinski definition) is 3. The maximum absolute atomic E-state index is 11.5. The molecule has 0 aromatic carbocycles. The van der Waals surface area contributed by atoms with Crippen molar-refractivity contribution >= 4 is 22.6 Å². The summed E-state index contributed by atoms with van der Waals surface area (Å²) in [6.45, 7) is 0. The predicted octanol–water partition coefficient (Wildman–Crippen LogP) is 2.60. The zero-order chi connectivity index (χ0) is 12.5. The third kappa shape index (κ3) is 2.25. The third-order valence-corrected chi connectivity index (χ3v) is 4.16. The van der Waals surface area contributed by atoms with E-state index in [2.05, 4.69) is 38.6 Å². The molecule has 5 nitrogen and oxygen atoms in total. The molecule has 1 aliphatic rings. The van der Waals surface area contributed by atoms with Gasteiger partial charge in [-0.25, -0.2) is 4.79 Å². The minimum Gasteiger partial charge on any atom is -0.416 e. The van der Waals surface area contributed by atoms with Gasteiger partial charge in [-0.3, -0.25) is 9.25 Å². The average molecular weight is 359 g/mol. The van der Waals surface area contributed by atoms with E-state index in [9.17, 15) is 4.79 Å². The number of rotatable bonds is 2. The molecule has 1 saturated carbocycles. The van der Waals surface area contributed by atoms with Crippen LogP contribution in [0.4, 0.5) is 0 Å². The van der Waals surface area contributed by atoms with E-state index in [1.54, 1.807) is 10.8 Å². The smallest absolute Gasteiger partial charge is 0.416 e. The van der Waals surface area contributed by atoms with E-state index in [1.807, 2.05) is 6.20 Å². The highest BCUT2D eigenvalue weighted by Crippen LogP contribution is 2.34. The number of oxazole rings is 1. The highest BCUT2D eigenvalue weighted by molar-refractivity contribution is 14.1. The Morgan fingerprint density at radius 1 is 1.28 bits per heavy atom. The summed E-state index contributed by atoms with van der Waals surface area (Å²) in [5, 5.41) is 4.37. The highest BCUT2D eigenvalue weighted by atomic mass is 127. The molecule has 0 N–H and O–H groups in total. The molecule has 1 aliphatic carbocycles. The number of nitrogens with zero attached hydrogens (tertiary/aromatic N) is 3. The zero-order valence-corrected chi connectivity index (χ0v) is 12.0. The van der Waals surface area contributed by atoms with Gasteiger partial charge in [0.15, 0.2) is 0 Å². The fraction of sp³-hybridized carbons (Fsp3) is 0.500. The van der Waals surface area contributed by atoms with Crippen LogP contribution in [0.15, 0.2) is 34.1 Å². The van der Waals surface area contributed by atoms with Crippen molar-refractivity contribution in [1.82, 2.24) is 14.3 Å². The van der Waals surface area contributed by atoms with Crippen LogP contribution in [0.3, 0.4) is 0 Å². The van der Waals surface area contributed by atoms with Crippen molar-refractivity contribution in [1.29, 1.82) is 0 Å². The van der Waals surface area contributed by atoms with E-state index in [0.29, 0.717) is 6.04 Å². The van der Waals surface area contributed by atoms with Crippen LogP contribution in [0.2, 0.25) is 0 Å². The molecule has 0 radical (unpaired) electrons. The number of aromatic nitrogens is 3. The van der Waals surface area contributed by atoms with Gasteiger partial charge < -0.3 is 4.42 Å². The molecule has 2 aromatic rings. The molecule has 2 aromatic heterocycles. The molecule has 3 rings (SSSR count). The first-order valence-corrected chi connectivity index (χ1v) is 7.17. The molecular formula is C12H14IN3O2. The topological polar surface area (TPSA) is 53.0 Å². The Morgan fingerprint density at radius 2 is 2.00 bits per heavy atom. The van der Waals surface area contributed by atoms with Crippen molar-refractivity contribution in [2.45, 2.75) is 37.8 Å². The van der Waals surface area contributed by atoms with Gasteiger partial charge in [-0.1, -0.05) is 0 Å². The normalized spacial score (nSPS) is 24.3. The van der Waals surface area contributed by atoms with Gasteiger partial charge in [0.05, 0.1) is 15.8 Å². The molecule has 0 atom stereocenters. The van der Waals surface area contributed by atoms with Crippen LogP contribution in [0.5, 0.6) is 0 Å². The molecular weight excluding hydrogens is 345 g/mol. The summed E-state index contributed by atoms with van der Waals surface area (Å²) in [4.78, 5) is 11.5. The van der Waals surface area contributed by atoms with Gasteiger partial charge in [0.1, 0.15) is 6.26 Å². The van der Waals surface area contributed by atoms with Crippen LogP contribution in [0, 0.1) is 3.57 Å². The summed E-state index contributed by atoms with van der Waals surface area (Å²) >= 11 is 2.27. The SMILES string of the molecule is O=c1occn1C1CCC(n2cc(I)cn2)CC1. The second-order valence-electron chi connectivity index (χ2n) is 4.68. The number of hydrogen-bond donors (Lipinski definition) is 0. The Bertz CT molecular complexity index is 578. The highest BCUT2D eigenvalue weighted by Gasteiger charge is 2.24. The van der Waals surface area contributed by atoms with Gasteiger partial charge in [-0.05, 0) is 48.3 Å². The summed E-state index contributed by atoms with van der Waals surface area (Å²) in [5.41, 5.74) is 0. The predicted molar refractivity (Wildman–Crippen MR) is 74.5 cm³/mol. The summed E-state index contributed by atoms with van der Waals surface area (Å²) in [5.74, 6) is -0.243. The van der Waals surface area contributed by atoms with Crippen LogP contribution in [-0.4, -0.2) is 14.3 Å². The zero-order valence-electron chi connectivity index (χ0n) is 9.83. The molecule has 0 spiro atoms. The van der Waals surface area contributed by atoms with Crippen molar-refractivity contribution in [3.63, 3.8) is 0 Å². The van der Waals surface area contributed by atoms with Crippen molar-refractivity contribution < 1.29 is 4.42 Å². The fourth-order valence-electron chi connectivity index (χ4n) is 2.66. The van der Waals surface area contributed by atoms with Crippen molar-refractivity contribution in [2.24, 2.45) is 0 Å². The van der Waals surface area contributed by atoms with E-state index in [1.165, 1.54) is 9.83 Å². The lowest BCUT2D eigenvalue weighted by molar-refractivity contribution is 0.252. The Morgan fingerprint density at radius 3 is 2.56 bits per heavy atom. The monoisotopic (exact) mass is 359 g/mol. The fourth-order valence-corrected chi connectivity index (χ4v) is 3.07. The minimum absolute atomic E-state index is 0.243. The summed E-state index contributed by atoms with van der Waals surface area (Å²) in [6, 6.07) is 0.745. The first-order chi connectivity index (χ1) is 8.74. The molecule has 0 saturated heterocycles. The lowest BCUT2D eigenvalue weighted by Gasteiger charge is -2.28. The first kappa shape index (κ1) is 12.0. The maximum Gasteiger partial charge on any atom is 0.419 e. The Hall–Kier alpha value is -1.05. The van der Waals surface area contributed by atoms with E-state index in [4.69, 9.17) is 4.42 Å². The van der Waals surface area contributed by atoms with Crippen molar-refractivity contribution in [2.75, 3.05) is 0 Å². The van der Waals surface area contributed by atoms with Crippen LogP contribution >= 0.6 is 22.6 Å². The van der Waals surface area contributed by atoms with Crippen LogP contribution in [-0.2, 0) is 0 Å². The second-order valence-corrected chi connectivity index (χ2v) is 5.92. The van der Waals surface area contributed by atoms with Gasteiger partial charge in [0, 0.05) is 18.4 Å². The molecule has 0 unspecified atom stereocenters. The van der Waals surface area contributed by atoms with E-state index in [0.717, 1.165) is 25.7 Å². The summed E-state index contributed by atoms with van der Waals surface area (Å²) in [7, 11) is 0. The average Bonchev–Trinajstić information content (AvgIpc) is 2.98. The summed E-state index contributed by atoms with van der Waals surface area (Å²) < 4.78 is 9.75. The molecule has 0 amide bonds. The standard InChI is InChI=1S/C12H14IN3O2/c13-9-7-14-16(8-9)11-3-1-10(2-4-11)15-5-6-18-12(15)17/h5-8,10-11H,1-4H2. The van der Waals surface area contributed by atoms with Crippen LogP contribution < -0.4 is 5.76 Å². The molecule has 0 aliphatic heterocycles. The van der Waals surface area contributed by atoms with Crippen molar-refractivity contribution in [3.05, 3.63) is 39.0 Å². The van der Waals surface area contributed by atoms with Gasteiger partial charge in [-0.2, -0.15) is 5.10 Å². The molecule has 1 fully saturated rings. The minimum atomic E-state index is -0.243. The van der Waals surface area contributed by atoms with E-state index >= 15 is 0 Å². The molecule has 0 bridgehead atoms. The maximum atomic E-state index is 11.5. The van der Waals surface area contributed by atoms with Crippen molar-refractivity contribution in [3.8, 4) is 0 Å². The van der Waals surface area contributed by atoms with Crippen LogP contribution in [0.1, 0.15) is 37.8 Å². The molecule has 18 heavy (non-hydrogen) atoms. The Balaban J connectivity index is 1.68. The van der Waals surface area contributed by atoms with E-state index in [-0.39, 0.29) is 11.8 Å². The van der Waals surface area contributed by atoms with Gasteiger partial charge in [0.25, 0.3) is 0 Å². The number of halogens is 1. The lowest BCUT2D eigenvalue weighted by atomic mass is 9.91. The van der Waals surface area contributed by atoms with Gasteiger partial charge in [0.2, 0.25) is 0 Å². The van der Waals surface area contributed by atoms with E-state index < -0.39 is 0 Å². The quantitative estimate of drug-likeness (QED) is 0.775. The molecule has 2 heterocycles. The Kier molecular flexibility index (Phi) is 3.27. The van der Waals surface area contributed by atoms with Gasteiger partial charge >= 0.3 is 5.76 Å². The third-order valence-electron chi connectivity index (χ3n) is 3.60. The molecule has 6 heteroatoms. The Labute approximate surface area is 118 Å². The van der Waals surface area contributed by atoms with Crippen LogP contribution in [0.25, 0.3) is 0 Å². The first-order valence-electron chi connectivity index (χ1n) is 6.09.